The summed E-state index contributed by atoms with van der Waals surface area (Å²) in [6.45, 7) is -0.0883. The lowest BCUT2D eigenvalue weighted by Crippen LogP contribution is -2.32. The van der Waals surface area contributed by atoms with E-state index in [4.69, 9.17) is 0 Å². The van der Waals surface area contributed by atoms with E-state index in [1.165, 1.54) is 23.7 Å². The largest absolute Gasteiger partial charge is 0.386 e. The van der Waals surface area contributed by atoms with Gasteiger partial charge in [0.1, 0.15) is 5.82 Å². The standard InChI is InChI=1S/C16H14FN3O2S/c17-13-4-2-1-3-12(13)14(21)9-18-16(22)20-11-5-6-15-10(7-11)8-19-23-15/h1-8,14,21H,9H2,(H2,18,20,22)/t14-/m0/s1. The second-order valence-corrected chi connectivity index (χ2v) is 5.78. The molecule has 0 aliphatic carbocycles. The van der Waals surface area contributed by atoms with Crippen molar-refractivity contribution < 1.29 is 14.3 Å². The molecule has 0 saturated heterocycles. The number of aromatic nitrogens is 1. The van der Waals surface area contributed by atoms with Crippen molar-refractivity contribution in [3.8, 4) is 0 Å². The molecule has 0 spiro atoms. The Hall–Kier alpha value is -2.51. The Kier molecular flexibility index (Phi) is 4.50. The van der Waals surface area contributed by atoms with E-state index in [0.29, 0.717) is 5.69 Å². The Morgan fingerprint density at radius 2 is 2.13 bits per heavy atom. The van der Waals surface area contributed by atoms with Crippen LogP contribution in [0.5, 0.6) is 0 Å². The Labute approximate surface area is 135 Å². The van der Waals surface area contributed by atoms with Crippen LogP contribution in [0, 0.1) is 5.82 Å². The number of aliphatic hydroxyl groups is 1. The van der Waals surface area contributed by atoms with Gasteiger partial charge in [-0.15, -0.1) is 0 Å². The van der Waals surface area contributed by atoms with Crippen molar-refractivity contribution in [2.24, 2.45) is 0 Å². The Morgan fingerprint density at radius 3 is 2.96 bits per heavy atom. The number of rotatable bonds is 4. The first-order valence-electron chi connectivity index (χ1n) is 6.95. The average molecular weight is 331 g/mol. The predicted molar refractivity (Wildman–Crippen MR) is 88.0 cm³/mol. The summed E-state index contributed by atoms with van der Waals surface area (Å²) in [5.74, 6) is -0.502. The van der Waals surface area contributed by atoms with Crippen LogP contribution in [0.3, 0.4) is 0 Å². The molecule has 5 nitrogen and oxygen atoms in total. The van der Waals surface area contributed by atoms with E-state index in [0.717, 1.165) is 10.1 Å². The molecular formula is C16H14FN3O2S. The first-order chi connectivity index (χ1) is 11.1. The van der Waals surface area contributed by atoms with Gasteiger partial charge in [-0.25, -0.2) is 9.18 Å². The van der Waals surface area contributed by atoms with E-state index in [-0.39, 0.29) is 12.1 Å². The first-order valence-corrected chi connectivity index (χ1v) is 7.72. The van der Waals surface area contributed by atoms with E-state index >= 15 is 0 Å². The van der Waals surface area contributed by atoms with Crippen molar-refractivity contribution >= 4 is 33.3 Å². The van der Waals surface area contributed by atoms with Crippen molar-refractivity contribution in [1.82, 2.24) is 9.69 Å². The van der Waals surface area contributed by atoms with Crippen molar-refractivity contribution in [1.29, 1.82) is 0 Å². The van der Waals surface area contributed by atoms with Gasteiger partial charge in [0.25, 0.3) is 0 Å². The summed E-state index contributed by atoms with van der Waals surface area (Å²) in [4.78, 5) is 11.9. The number of amides is 2. The van der Waals surface area contributed by atoms with Gasteiger partial charge in [-0.3, -0.25) is 0 Å². The molecule has 0 aliphatic heterocycles. The van der Waals surface area contributed by atoms with Crippen molar-refractivity contribution in [3.05, 3.63) is 60.0 Å². The van der Waals surface area contributed by atoms with Crippen LogP contribution < -0.4 is 10.6 Å². The lowest BCUT2D eigenvalue weighted by Gasteiger charge is -2.13. The Bertz CT molecular complexity index is 837. The lowest BCUT2D eigenvalue weighted by molar-refractivity contribution is 0.170. The number of fused-ring (bicyclic) bond motifs is 1. The van der Waals surface area contributed by atoms with E-state index in [1.54, 1.807) is 24.4 Å². The molecule has 1 heterocycles. The highest BCUT2D eigenvalue weighted by molar-refractivity contribution is 7.13. The molecule has 0 bridgehead atoms. The summed E-state index contributed by atoms with van der Waals surface area (Å²) < 4.78 is 18.6. The van der Waals surface area contributed by atoms with Crippen LogP contribution in [0.25, 0.3) is 10.1 Å². The van der Waals surface area contributed by atoms with Gasteiger partial charge >= 0.3 is 6.03 Å². The second-order valence-electron chi connectivity index (χ2n) is 4.95. The number of carbonyl (C=O) groups is 1. The zero-order valence-corrected chi connectivity index (χ0v) is 12.8. The van der Waals surface area contributed by atoms with Gasteiger partial charge in [0, 0.05) is 29.4 Å². The second kappa shape index (κ2) is 6.72. The number of benzene rings is 2. The number of carbonyl (C=O) groups excluding carboxylic acids is 1. The summed E-state index contributed by atoms with van der Waals surface area (Å²) in [7, 11) is 0. The summed E-state index contributed by atoms with van der Waals surface area (Å²) in [5.41, 5.74) is 0.772. The zero-order valence-electron chi connectivity index (χ0n) is 12.0. The van der Waals surface area contributed by atoms with Gasteiger partial charge in [0.15, 0.2) is 0 Å². The molecule has 2 aromatic carbocycles. The lowest BCUT2D eigenvalue weighted by atomic mass is 10.1. The zero-order chi connectivity index (χ0) is 16.2. The van der Waals surface area contributed by atoms with Crippen LogP contribution in [-0.4, -0.2) is 22.1 Å². The summed E-state index contributed by atoms with van der Waals surface area (Å²) >= 11 is 1.38. The van der Waals surface area contributed by atoms with Crippen LogP contribution in [0.2, 0.25) is 0 Å². The van der Waals surface area contributed by atoms with Gasteiger partial charge in [0.05, 0.1) is 10.8 Å². The third-order valence-corrected chi connectivity index (χ3v) is 4.11. The third kappa shape index (κ3) is 3.64. The smallest absolute Gasteiger partial charge is 0.319 e. The molecular weight excluding hydrogens is 317 g/mol. The molecule has 7 heteroatoms. The summed E-state index contributed by atoms with van der Waals surface area (Å²) in [6, 6.07) is 10.9. The van der Waals surface area contributed by atoms with E-state index in [9.17, 15) is 14.3 Å². The summed E-state index contributed by atoms with van der Waals surface area (Å²) in [5, 5.41) is 16.1. The highest BCUT2D eigenvalue weighted by Gasteiger charge is 2.13. The number of nitrogens with zero attached hydrogens (tertiary/aromatic N) is 1. The van der Waals surface area contributed by atoms with Gasteiger partial charge in [-0.1, -0.05) is 18.2 Å². The fourth-order valence-electron chi connectivity index (χ4n) is 2.17. The van der Waals surface area contributed by atoms with Crippen LogP contribution in [-0.2, 0) is 0 Å². The maximum absolute atomic E-state index is 13.5. The number of aliphatic hydroxyl groups excluding tert-OH is 1. The highest BCUT2D eigenvalue weighted by Crippen LogP contribution is 2.22. The monoisotopic (exact) mass is 331 g/mol. The van der Waals surface area contributed by atoms with Crippen LogP contribution in [0.4, 0.5) is 14.9 Å². The van der Waals surface area contributed by atoms with Gasteiger partial charge in [0.2, 0.25) is 0 Å². The molecule has 3 rings (SSSR count). The SMILES string of the molecule is O=C(NC[C@H](O)c1ccccc1F)Nc1ccc2sncc2c1. The normalized spacial score (nSPS) is 12.1. The van der Waals surface area contributed by atoms with E-state index < -0.39 is 18.0 Å². The van der Waals surface area contributed by atoms with Crippen LogP contribution in [0.1, 0.15) is 11.7 Å². The number of nitrogens with one attached hydrogen (secondary N) is 2. The molecule has 118 valence electrons. The predicted octanol–water partition coefficient (Wildman–Crippen LogP) is 3.29. The van der Waals surface area contributed by atoms with Gasteiger partial charge in [-0.2, -0.15) is 4.37 Å². The molecule has 1 aromatic heterocycles. The average Bonchev–Trinajstić information content (AvgIpc) is 3.01. The molecule has 0 aliphatic rings. The Morgan fingerprint density at radius 1 is 1.30 bits per heavy atom. The number of hydrogen-bond donors (Lipinski definition) is 3. The molecule has 0 unspecified atom stereocenters. The minimum absolute atomic E-state index is 0.0883. The fraction of sp³-hybridized carbons (Fsp3) is 0.125. The minimum atomic E-state index is -1.11. The van der Waals surface area contributed by atoms with E-state index in [2.05, 4.69) is 15.0 Å². The van der Waals surface area contributed by atoms with Gasteiger partial charge in [-0.05, 0) is 35.8 Å². The Balaban J connectivity index is 1.58. The number of anilines is 1. The van der Waals surface area contributed by atoms with Crippen molar-refractivity contribution in [3.63, 3.8) is 0 Å². The number of hydrogen-bond acceptors (Lipinski definition) is 4. The molecule has 3 aromatic rings. The first kappa shape index (κ1) is 15.4. The van der Waals surface area contributed by atoms with Crippen molar-refractivity contribution in [2.45, 2.75) is 6.10 Å². The quantitative estimate of drug-likeness (QED) is 0.687. The summed E-state index contributed by atoms with van der Waals surface area (Å²) in [6.07, 6.45) is 0.621. The molecule has 2 amide bonds. The van der Waals surface area contributed by atoms with Gasteiger partial charge < -0.3 is 15.7 Å². The number of halogens is 1. The molecule has 1 atom stereocenters. The van der Waals surface area contributed by atoms with E-state index in [1.807, 2.05) is 12.1 Å². The third-order valence-electron chi connectivity index (χ3n) is 3.33. The topological polar surface area (TPSA) is 74.2 Å². The van der Waals surface area contributed by atoms with Crippen LogP contribution >= 0.6 is 11.5 Å². The molecule has 0 radical (unpaired) electrons. The molecule has 3 N–H and O–H groups in total. The number of urea groups is 1. The molecule has 0 saturated carbocycles. The molecule has 0 fully saturated rings. The highest BCUT2D eigenvalue weighted by atomic mass is 32.1. The van der Waals surface area contributed by atoms with Crippen LogP contribution in [0.15, 0.2) is 48.7 Å². The molecule has 23 heavy (non-hydrogen) atoms. The minimum Gasteiger partial charge on any atom is -0.386 e. The van der Waals surface area contributed by atoms with Crippen molar-refractivity contribution in [2.75, 3.05) is 11.9 Å². The fourth-order valence-corrected chi connectivity index (χ4v) is 2.80. The maximum Gasteiger partial charge on any atom is 0.319 e. The maximum atomic E-state index is 13.5.